The molecule has 0 spiro atoms. The van der Waals surface area contributed by atoms with Crippen LogP contribution in [0.5, 0.6) is 5.75 Å². The molecule has 8 nitrogen and oxygen atoms in total. The molecular weight excluding hydrogens is 550 g/mol. The van der Waals surface area contributed by atoms with Crippen molar-refractivity contribution in [3.63, 3.8) is 0 Å². The fourth-order valence-corrected chi connectivity index (χ4v) is 5.69. The maximum absolute atomic E-state index is 14.0. The van der Waals surface area contributed by atoms with Gasteiger partial charge in [-0.25, -0.2) is 8.42 Å². The van der Waals surface area contributed by atoms with Crippen LogP contribution in [0.4, 0.5) is 5.69 Å². The lowest BCUT2D eigenvalue weighted by molar-refractivity contribution is -0.140. The third kappa shape index (κ3) is 7.76. The van der Waals surface area contributed by atoms with Gasteiger partial charge in [-0.1, -0.05) is 55.8 Å². The molecule has 0 heterocycles. The van der Waals surface area contributed by atoms with E-state index in [1.165, 1.54) is 29.2 Å². The Kier molecular flexibility index (Phi) is 11.0. The topological polar surface area (TPSA) is 96.0 Å². The molecule has 0 aromatic heterocycles. The smallest absolute Gasteiger partial charge is 0.264 e. The van der Waals surface area contributed by atoms with Gasteiger partial charge in [-0.3, -0.25) is 13.9 Å². The zero-order valence-electron chi connectivity index (χ0n) is 23.2. The summed E-state index contributed by atoms with van der Waals surface area (Å²) in [7, 11) is -2.58. The first kappa shape index (κ1) is 31.0. The molecule has 0 radical (unpaired) electrons. The molecule has 40 heavy (non-hydrogen) atoms. The van der Waals surface area contributed by atoms with Crippen LogP contribution >= 0.6 is 11.6 Å². The largest absolute Gasteiger partial charge is 0.497 e. The van der Waals surface area contributed by atoms with E-state index in [1.54, 1.807) is 49.6 Å². The zero-order chi connectivity index (χ0) is 29.3. The van der Waals surface area contributed by atoms with Gasteiger partial charge >= 0.3 is 0 Å². The summed E-state index contributed by atoms with van der Waals surface area (Å²) in [6, 6.07) is 20.5. The van der Waals surface area contributed by atoms with Gasteiger partial charge in [-0.2, -0.15) is 0 Å². The van der Waals surface area contributed by atoms with Crippen molar-refractivity contribution in [1.82, 2.24) is 10.2 Å². The van der Waals surface area contributed by atoms with Gasteiger partial charge in [0.05, 0.1) is 17.7 Å². The van der Waals surface area contributed by atoms with Gasteiger partial charge in [0.25, 0.3) is 10.0 Å². The number of rotatable bonds is 13. The summed E-state index contributed by atoms with van der Waals surface area (Å²) < 4.78 is 33.9. The Bertz CT molecular complexity index is 1370. The molecule has 0 saturated carbocycles. The lowest BCUT2D eigenvalue weighted by Gasteiger charge is -2.33. The number of nitrogens with one attached hydrogen (secondary N) is 1. The van der Waals surface area contributed by atoms with Crippen LogP contribution in [0.3, 0.4) is 0 Å². The van der Waals surface area contributed by atoms with Crippen LogP contribution in [-0.4, -0.2) is 50.9 Å². The first-order valence-electron chi connectivity index (χ1n) is 13.2. The molecule has 214 valence electrons. The van der Waals surface area contributed by atoms with E-state index in [0.29, 0.717) is 22.9 Å². The Labute approximate surface area is 241 Å². The number of anilines is 1. The zero-order valence-corrected chi connectivity index (χ0v) is 24.8. The van der Waals surface area contributed by atoms with Gasteiger partial charge in [-0.15, -0.1) is 0 Å². The van der Waals surface area contributed by atoms with Gasteiger partial charge in [0.1, 0.15) is 18.3 Å². The van der Waals surface area contributed by atoms with Gasteiger partial charge in [0, 0.05) is 17.6 Å². The number of carbonyl (C=O) groups excluding carboxylic acids is 2. The quantitative estimate of drug-likeness (QED) is 0.295. The van der Waals surface area contributed by atoms with Crippen molar-refractivity contribution in [1.29, 1.82) is 0 Å². The second-order valence-corrected chi connectivity index (χ2v) is 11.7. The number of sulfonamides is 1. The molecule has 0 unspecified atom stereocenters. The van der Waals surface area contributed by atoms with E-state index in [2.05, 4.69) is 5.32 Å². The number of hydrogen-bond donors (Lipinski definition) is 1. The van der Waals surface area contributed by atoms with Crippen molar-refractivity contribution in [2.45, 2.75) is 57.1 Å². The Morgan fingerprint density at radius 2 is 1.55 bits per heavy atom. The molecule has 0 aliphatic carbocycles. The Balaban J connectivity index is 2.02. The molecule has 10 heteroatoms. The second-order valence-electron chi connectivity index (χ2n) is 9.41. The Morgan fingerprint density at radius 3 is 2.10 bits per heavy atom. The number of nitrogens with zero attached hydrogens (tertiary/aromatic N) is 2. The number of amides is 2. The molecular formula is C30H36ClN3O5S. The number of halogens is 1. The number of hydrogen-bond acceptors (Lipinski definition) is 5. The minimum atomic E-state index is -4.15. The number of benzene rings is 3. The highest BCUT2D eigenvalue weighted by molar-refractivity contribution is 7.92. The van der Waals surface area contributed by atoms with E-state index in [1.807, 2.05) is 32.9 Å². The van der Waals surface area contributed by atoms with E-state index in [4.69, 9.17) is 16.3 Å². The van der Waals surface area contributed by atoms with E-state index < -0.39 is 28.5 Å². The highest BCUT2D eigenvalue weighted by atomic mass is 35.5. The highest BCUT2D eigenvalue weighted by Crippen LogP contribution is 2.26. The lowest BCUT2D eigenvalue weighted by atomic mass is 10.1. The van der Waals surface area contributed by atoms with Crippen LogP contribution in [0.25, 0.3) is 0 Å². The van der Waals surface area contributed by atoms with Crippen LogP contribution in [0.15, 0.2) is 83.8 Å². The second kappa shape index (κ2) is 14.2. The minimum absolute atomic E-state index is 0.00295. The molecule has 2 atom stereocenters. The maximum Gasteiger partial charge on any atom is 0.264 e. The molecule has 0 aliphatic rings. The maximum atomic E-state index is 14.0. The predicted octanol–water partition coefficient (Wildman–Crippen LogP) is 5.27. The molecule has 3 rings (SSSR count). The number of ether oxygens (including phenoxy) is 1. The summed E-state index contributed by atoms with van der Waals surface area (Å²) in [5.41, 5.74) is 1.10. The van der Waals surface area contributed by atoms with E-state index in [0.717, 1.165) is 16.3 Å². The highest BCUT2D eigenvalue weighted by Gasteiger charge is 2.34. The molecule has 1 N–H and O–H groups in total. The fourth-order valence-electron chi connectivity index (χ4n) is 4.15. The predicted molar refractivity (Wildman–Crippen MR) is 158 cm³/mol. The van der Waals surface area contributed by atoms with Crippen molar-refractivity contribution in [3.8, 4) is 5.75 Å². The lowest BCUT2D eigenvalue weighted by Crippen LogP contribution is -2.53. The van der Waals surface area contributed by atoms with E-state index in [-0.39, 0.29) is 23.4 Å². The fraction of sp³-hybridized carbons (Fsp3) is 0.333. The first-order valence-corrected chi connectivity index (χ1v) is 15.0. The van der Waals surface area contributed by atoms with Crippen molar-refractivity contribution in [2.75, 3.05) is 18.0 Å². The number of carbonyl (C=O) groups is 2. The molecule has 3 aromatic carbocycles. The molecule has 0 fully saturated rings. The van der Waals surface area contributed by atoms with Crippen molar-refractivity contribution in [3.05, 3.63) is 89.4 Å². The molecule has 0 saturated heterocycles. The van der Waals surface area contributed by atoms with Crippen molar-refractivity contribution in [2.24, 2.45) is 0 Å². The summed E-state index contributed by atoms with van der Waals surface area (Å²) in [5.74, 6) is -0.138. The normalized spacial score (nSPS) is 12.7. The van der Waals surface area contributed by atoms with E-state index >= 15 is 0 Å². The summed E-state index contributed by atoms with van der Waals surface area (Å²) in [6.07, 6.45) is 1.08. The standard InChI is InChI=1S/C30H36ClN3O5S/c1-5-22(3)32-30(36)28(6-2)33(20-23-12-16-26(39-4)17-13-23)29(35)21-34(25-10-8-7-9-11-25)40(37,38)27-18-14-24(31)15-19-27/h7-19,22,28H,5-6,20-21H2,1-4H3,(H,32,36)/t22-,28+/m0/s1. The SMILES string of the molecule is CC[C@H](C(=O)N[C@@H](C)CC)N(Cc1ccc(OC)cc1)C(=O)CN(c1ccccc1)S(=O)(=O)c1ccc(Cl)cc1. The summed E-state index contributed by atoms with van der Waals surface area (Å²) in [6.45, 7) is 5.30. The number of methoxy groups -OCH3 is 1. The molecule has 0 bridgehead atoms. The van der Waals surface area contributed by atoms with Crippen molar-refractivity contribution < 1.29 is 22.7 Å². The third-order valence-corrected chi connectivity index (χ3v) is 8.66. The Hall–Kier alpha value is -3.56. The van der Waals surface area contributed by atoms with Gasteiger partial charge in [0.15, 0.2) is 0 Å². The average molecular weight is 586 g/mol. The van der Waals surface area contributed by atoms with Gasteiger partial charge in [0.2, 0.25) is 11.8 Å². The van der Waals surface area contributed by atoms with Crippen LogP contribution in [0.1, 0.15) is 39.2 Å². The van der Waals surface area contributed by atoms with Crippen LogP contribution in [-0.2, 0) is 26.2 Å². The first-order chi connectivity index (χ1) is 19.1. The summed E-state index contributed by atoms with van der Waals surface area (Å²) in [4.78, 5) is 28.8. The minimum Gasteiger partial charge on any atom is -0.497 e. The van der Waals surface area contributed by atoms with Crippen LogP contribution in [0, 0.1) is 0 Å². The van der Waals surface area contributed by atoms with Gasteiger partial charge in [-0.05, 0) is 73.9 Å². The molecule has 0 aliphatic heterocycles. The molecule has 3 aromatic rings. The average Bonchev–Trinajstić information content (AvgIpc) is 2.96. The third-order valence-electron chi connectivity index (χ3n) is 6.62. The summed E-state index contributed by atoms with van der Waals surface area (Å²) in [5, 5.41) is 3.36. The summed E-state index contributed by atoms with van der Waals surface area (Å²) >= 11 is 5.99. The Morgan fingerprint density at radius 1 is 0.925 bits per heavy atom. The van der Waals surface area contributed by atoms with Crippen molar-refractivity contribution >= 4 is 39.1 Å². The van der Waals surface area contributed by atoms with Gasteiger partial charge < -0.3 is 15.0 Å². The van der Waals surface area contributed by atoms with E-state index in [9.17, 15) is 18.0 Å². The molecule has 2 amide bonds. The van der Waals surface area contributed by atoms with Crippen LogP contribution in [0.2, 0.25) is 5.02 Å². The monoisotopic (exact) mass is 585 g/mol. The van der Waals surface area contributed by atoms with Crippen LogP contribution < -0.4 is 14.4 Å². The number of para-hydroxylation sites is 1.